The average molecular weight is 1100 g/mol. The second-order valence-electron chi connectivity index (χ2n) is 22.0. The molecular weight excluding hydrogens is 973 g/mol. The molecule has 0 aromatic rings. The molecule has 0 spiro atoms. The Balaban J connectivity index is 4.47. The number of ether oxygens (including phenoxy) is 3. The number of hydrogen-bond donors (Lipinski definition) is 0. The van der Waals surface area contributed by atoms with E-state index in [0.717, 1.165) is 96.3 Å². The zero-order valence-corrected chi connectivity index (χ0v) is 51.9. The minimum Gasteiger partial charge on any atom is -0.462 e. The molecule has 0 aromatic heterocycles. The molecule has 0 aromatic carbocycles. The van der Waals surface area contributed by atoms with Crippen molar-refractivity contribution in [2.45, 2.75) is 322 Å². The molecule has 79 heavy (non-hydrogen) atoms. The first-order valence-electron chi connectivity index (χ1n) is 33.4. The third kappa shape index (κ3) is 64.8. The smallest absolute Gasteiger partial charge is 0.306 e. The summed E-state index contributed by atoms with van der Waals surface area (Å²) in [6.07, 6.45) is 91.0. The lowest BCUT2D eigenvalue weighted by Crippen LogP contribution is -2.30. The van der Waals surface area contributed by atoms with Gasteiger partial charge in [-0.05, 0) is 103 Å². The molecule has 452 valence electrons. The van der Waals surface area contributed by atoms with E-state index in [0.29, 0.717) is 19.3 Å². The molecule has 0 rings (SSSR count). The quantitative estimate of drug-likeness (QED) is 0.0261. The summed E-state index contributed by atoms with van der Waals surface area (Å²) in [4.78, 5) is 38.4. The molecular formula is C73H124O6. The van der Waals surface area contributed by atoms with Gasteiger partial charge in [0.25, 0.3) is 0 Å². The highest BCUT2D eigenvalue weighted by molar-refractivity contribution is 5.71. The predicted molar refractivity (Wildman–Crippen MR) is 343 cm³/mol. The zero-order chi connectivity index (χ0) is 57.1. The van der Waals surface area contributed by atoms with Gasteiger partial charge in [-0.3, -0.25) is 14.4 Å². The molecule has 0 bridgehead atoms. The largest absolute Gasteiger partial charge is 0.462 e. The summed E-state index contributed by atoms with van der Waals surface area (Å²) >= 11 is 0. The van der Waals surface area contributed by atoms with Gasteiger partial charge in [0.15, 0.2) is 6.10 Å². The molecule has 0 aliphatic carbocycles. The Morgan fingerprint density at radius 1 is 0.266 bits per heavy atom. The summed E-state index contributed by atoms with van der Waals surface area (Å²) in [5, 5.41) is 0. The van der Waals surface area contributed by atoms with Gasteiger partial charge in [-0.2, -0.15) is 0 Å². The standard InChI is InChI=1S/C73H124O6/c1-4-7-10-13-16-19-22-25-28-31-34-35-36-37-40-42-45-48-51-54-57-60-63-66-72(75)78-69-70(79-73(76)67-64-61-58-55-52-49-46-43-39-33-30-27-24-21-18-15-12-9-6-3)68-77-71(74)65-62-59-56-53-50-47-44-41-38-32-29-26-23-20-17-14-11-8-5-2/h7,10,16,18-19,21,25,27-28,30,34-35,37,40,45,48,54,57,70H,4-6,8-9,11-15,17,20,22-24,26,29,31-33,36,38-39,41-44,46-47,49-53,55-56,58-69H2,1-3H3/b10-7-,19-16-,21-18-,28-25-,30-27-,35-34-,40-37-,48-45-,57-54-. The number of esters is 3. The van der Waals surface area contributed by atoms with E-state index in [1.54, 1.807) is 0 Å². The molecule has 0 amide bonds. The van der Waals surface area contributed by atoms with Crippen molar-refractivity contribution in [3.8, 4) is 0 Å². The Labute approximate surface area is 489 Å². The van der Waals surface area contributed by atoms with Gasteiger partial charge >= 0.3 is 17.9 Å². The number of rotatable bonds is 60. The van der Waals surface area contributed by atoms with Gasteiger partial charge in [0.05, 0.1) is 0 Å². The SMILES string of the molecule is CC/C=C\C/C=C\C/C=C\C/C=C\C/C=C\C/C=C\C/C=C\CCCC(=O)OCC(COC(=O)CCCCCCCCCCCCCCCCCCCCC)OC(=O)CCCCCCCCCCC/C=C\C/C=C\CCCCC. The first-order chi connectivity index (χ1) is 39.0. The molecule has 0 saturated carbocycles. The monoisotopic (exact) mass is 1100 g/mol. The van der Waals surface area contributed by atoms with Gasteiger partial charge in [-0.15, -0.1) is 0 Å². The van der Waals surface area contributed by atoms with E-state index in [4.69, 9.17) is 14.2 Å². The van der Waals surface area contributed by atoms with Crippen LogP contribution < -0.4 is 0 Å². The van der Waals surface area contributed by atoms with E-state index >= 15 is 0 Å². The Morgan fingerprint density at radius 2 is 0.506 bits per heavy atom. The lowest BCUT2D eigenvalue weighted by atomic mass is 10.0. The van der Waals surface area contributed by atoms with Crippen molar-refractivity contribution in [2.75, 3.05) is 13.2 Å². The first kappa shape index (κ1) is 75.1. The summed E-state index contributed by atoms with van der Waals surface area (Å²) < 4.78 is 16.9. The maximum Gasteiger partial charge on any atom is 0.306 e. The number of unbranched alkanes of at least 4 members (excludes halogenated alkanes) is 31. The van der Waals surface area contributed by atoms with Gasteiger partial charge in [-0.1, -0.05) is 304 Å². The topological polar surface area (TPSA) is 78.9 Å². The predicted octanol–water partition coefficient (Wildman–Crippen LogP) is 23.0. The van der Waals surface area contributed by atoms with Crippen LogP contribution in [0.3, 0.4) is 0 Å². The summed E-state index contributed by atoms with van der Waals surface area (Å²) in [5.74, 6) is -0.950. The summed E-state index contributed by atoms with van der Waals surface area (Å²) in [5.41, 5.74) is 0. The van der Waals surface area contributed by atoms with Crippen LogP contribution in [0.15, 0.2) is 109 Å². The summed E-state index contributed by atoms with van der Waals surface area (Å²) in [7, 11) is 0. The second kappa shape index (κ2) is 66.6. The fraction of sp³-hybridized carbons (Fsp3) is 0.712. The van der Waals surface area contributed by atoms with Crippen LogP contribution >= 0.6 is 0 Å². The van der Waals surface area contributed by atoms with Crippen molar-refractivity contribution in [3.63, 3.8) is 0 Å². The Morgan fingerprint density at radius 3 is 0.848 bits per heavy atom. The second-order valence-corrected chi connectivity index (χ2v) is 22.0. The highest BCUT2D eigenvalue weighted by Gasteiger charge is 2.19. The summed E-state index contributed by atoms with van der Waals surface area (Å²) in [6, 6.07) is 0. The zero-order valence-electron chi connectivity index (χ0n) is 51.9. The average Bonchev–Trinajstić information content (AvgIpc) is 3.45. The van der Waals surface area contributed by atoms with Crippen molar-refractivity contribution in [2.24, 2.45) is 0 Å². The van der Waals surface area contributed by atoms with E-state index in [-0.39, 0.29) is 37.5 Å². The molecule has 0 aliphatic rings. The van der Waals surface area contributed by atoms with Gasteiger partial charge in [0, 0.05) is 19.3 Å². The van der Waals surface area contributed by atoms with Gasteiger partial charge in [-0.25, -0.2) is 0 Å². The highest BCUT2D eigenvalue weighted by Crippen LogP contribution is 2.17. The fourth-order valence-electron chi connectivity index (χ4n) is 9.29. The molecule has 1 atom stereocenters. The molecule has 6 nitrogen and oxygen atoms in total. The summed E-state index contributed by atoms with van der Waals surface area (Å²) in [6.45, 7) is 6.49. The van der Waals surface area contributed by atoms with Crippen molar-refractivity contribution in [1.82, 2.24) is 0 Å². The first-order valence-corrected chi connectivity index (χ1v) is 33.4. The number of hydrogen-bond acceptors (Lipinski definition) is 6. The van der Waals surface area contributed by atoms with Crippen LogP contribution in [0.5, 0.6) is 0 Å². The van der Waals surface area contributed by atoms with Gasteiger partial charge < -0.3 is 14.2 Å². The third-order valence-corrected chi connectivity index (χ3v) is 14.3. The van der Waals surface area contributed by atoms with Crippen LogP contribution in [0.1, 0.15) is 316 Å². The minimum atomic E-state index is -0.806. The van der Waals surface area contributed by atoms with E-state index in [9.17, 15) is 14.4 Å². The number of allylic oxidation sites excluding steroid dienone is 18. The molecule has 0 radical (unpaired) electrons. The molecule has 0 aliphatic heterocycles. The Bertz CT molecular complexity index is 1590. The molecule has 0 heterocycles. The number of carbonyl (C=O) groups is 3. The van der Waals surface area contributed by atoms with Gasteiger partial charge in [0.2, 0.25) is 0 Å². The van der Waals surface area contributed by atoms with Crippen molar-refractivity contribution < 1.29 is 28.6 Å². The lowest BCUT2D eigenvalue weighted by Gasteiger charge is -2.18. The minimum absolute atomic E-state index is 0.0961. The van der Waals surface area contributed by atoms with Crippen LogP contribution in [0, 0.1) is 0 Å². The van der Waals surface area contributed by atoms with Crippen LogP contribution in [-0.4, -0.2) is 37.2 Å². The molecule has 0 fully saturated rings. The van der Waals surface area contributed by atoms with Crippen molar-refractivity contribution in [1.29, 1.82) is 0 Å². The van der Waals surface area contributed by atoms with Crippen molar-refractivity contribution >= 4 is 17.9 Å². The lowest BCUT2D eigenvalue weighted by molar-refractivity contribution is -0.167. The Kier molecular flexibility index (Phi) is 63.3. The Hall–Kier alpha value is -3.93. The van der Waals surface area contributed by atoms with Crippen LogP contribution in [-0.2, 0) is 28.6 Å². The fourth-order valence-corrected chi connectivity index (χ4v) is 9.29. The highest BCUT2D eigenvalue weighted by atomic mass is 16.6. The van der Waals surface area contributed by atoms with E-state index in [1.807, 2.05) is 0 Å². The van der Waals surface area contributed by atoms with Crippen LogP contribution in [0.25, 0.3) is 0 Å². The third-order valence-electron chi connectivity index (χ3n) is 14.3. The normalized spacial score (nSPS) is 12.8. The molecule has 0 saturated heterocycles. The maximum atomic E-state index is 12.9. The van der Waals surface area contributed by atoms with Crippen LogP contribution in [0.4, 0.5) is 0 Å². The van der Waals surface area contributed by atoms with Crippen LogP contribution in [0.2, 0.25) is 0 Å². The van der Waals surface area contributed by atoms with Crippen molar-refractivity contribution in [3.05, 3.63) is 109 Å². The van der Waals surface area contributed by atoms with Gasteiger partial charge in [0.1, 0.15) is 13.2 Å². The molecule has 6 heteroatoms. The maximum absolute atomic E-state index is 12.9. The van der Waals surface area contributed by atoms with E-state index in [1.165, 1.54) is 173 Å². The van der Waals surface area contributed by atoms with E-state index in [2.05, 4.69) is 130 Å². The molecule has 1 unspecified atom stereocenters. The van der Waals surface area contributed by atoms with E-state index < -0.39 is 6.10 Å². The number of carbonyl (C=O) groups excluding carboxylic acids is 3. The molecule has 0 N–H and O–H groups in total.